The number of hydrogen-bond donors (Lipinski definition) is 1. The first-order valence-corrected chi connectivity index (χ1v) is 4.01. The van der Waals surface area contributed by atoms with Crippen LogP contribution >= 0.6 is 0 Å². The molecule has 1 rings (SSSR count). The van der Waals surface area contributed by atoms with E-state index in [0.717, 1.165) is 12.7 Å². The Kier molecular flexibility index (Phi) is 11.2. The zero-order chi connectivity index (χ0) is 10.7. The molecular weight excluding hydrogens is 168 g/mol. The van der Waals surface area contributed by atoms with Gasteiger partial charge < -0.3 is 5.73 Å². The topological polar surface area (TPSA) is 69.2 Å². The van der Waals surface area contributed by atoms with E-state index in [1.54, 1.807) is 0 Å². The number of para-hydroxylation sites is 1. The Morgan fingerprint density at radius 3 is 1.69 bits per heavy atom. The Morgan fingerprint density at radius 1 is 1.23 bits per heavy atom. The van der Waals surface area contributed by atoms with Gasteiger partial charge in [0.05, 0.1) is 0 Å². The minimum Gasteiger partial charge on any atom is -0.399 e. The summed E-state index contributed by atoms with van der Waals surface area (Å²) in [4.78, 5) is 8.31. The standard InChI is InChI=1S/C6H7N.C2H6.CH3NO2/c7-6-4-2-1-3-5-6;1-2;1-2(3)4/h1-5H,7H2;1-2H3;1H3. The van der Waals surface area contributed by atoms with Gasteiger partial charge in [-0.1, -0.05) is 32.0 Å². The molecule has 0 saturated heterocycles. The van der Waals surface area contributed by atoms with Crippen molar-refractivity contribution in [3.05, 3.63) is 40.4 Å². The number of anilines is 1. The van der Waals surface area contributed by atoms with Gasteiger partial charge >= 0.3 is 0 Å². The maximum atomic E-state index is 8.81. The second kappa shape index (κ2) is 10.4. The van der Waals surface area contributed by atoms with E-state index >= 15 is 0 Å². The molecule has 0 spiro atoms. The molecule has 0 saturated carbocycles. The lowest BCUT2D eigenvalue weighted by atomic mass is 10.3. The van der Waals surface area contributed by atoms with E-state index in [9.17, 15) is 0 Å². The van der Waals surface area contributed by atoms with E-state index in [4.69, 9.17) is 15.8 Å². The highest BCUT2D eigenvalue weighted by Gasteiger charge is 1.72. The van der Waals surface area contributed by atoms with Gasteiger partial charge in [-0.2, -0.15) is 0 Å². The Hall–Kier alpha value is -1.58. The number of rotatable bonds is 0. The maximum absolute atomic E-state index is 8.81. The molecule has 0 heterocycles. The molecule has 0 aromatic heterocycles. The second-order valence-electron chi connectivity index (χ2n) is 1.85. The van der Waals surface area contributed by atoms with E-state index in [1.807, 2.05) is 44.2 Å². The summed E-state index contributed by atoms with van der Waals surface area (Å²) in [7, 11) is 0.889. The van der Waals surface area contributed by atoms with Crippen LogP contribution in [0.5, 0.6) is 0 Å². The zero-order valence-corrected chi connectivity index (χ0v) is 8.23. The predicted octanol–water partition coefficient (Wildman–Crippen LogP) is 2.19. The van der Waals surface area contributed by atoms with Crippen molar-refractivity contribution in [1.29, 1.82) is 0 Å². The average molecular weight is 184 g/mol. The van der Waals surface area contributed by atoms with Gasteiger partial charge in [0, 0.05) is 10.6 Å². The van der Waals surface area contributed by atoms with Gasteiger partial charge in [-0.15, -0.1) is 0 Å². The third-order valence-electron chi connectivity index (χ3n) is 0.800. The summed E-state index contributed by atoms with van der Waals surface area (Å²) < 4.78 is 0. The van der Waals surface area contributed by atoms with Crippen LogP contribution < -0.4 is 5.73 Å². The smallest absolute Gasteiger partial charge is 0.194 e. The summed E-state index contributed by atoms with van der Waals surface area (Å²) in [6, 6.07) is 9.49. The molecular formula is C9H16N2O2. The lowest BCUT2D eigenvalue weighted by Gasteiger charge is -1.83. The lowest BCUT2D eigenvalue weighted by molar-refractivity contribution is -0.445. The second-order valence-corrected chi connectivity index (χ2v) is 1.85. The molecule has 1 aromatic carbocycles. The highest BCUT2D eigenvalue weighted by molar-refractivity contribution is 5.35. The van der Waals surface area contributed by atoms with Crippen molar-refractivity contribution in [2.45, 2.75) is 13.8 Å². The molecule has 0 bridgehead atoms. The van der Waals surface area contributed by atoms with Crippen molar-refractivity contribution < 1.29 is 4.92 Å². The van der Waals surface area contributed by atoms with Crippen LogP contribution in [0.25, 0.3) is 0 Å². The summed E-state index contributed by atoms with van der Waals surface area (Å²) in [5.41, 5.74) is 6.18. The van der Waals surface area contributed by atoms with Crippen LogP contribution in [0, 0.1) is 10.1 Å². The van der Waals surface area contributed by atoms with Crippen molar-refractivity contribution >= 4 is 5.69 Å². The number of nitro groups is 1. The highest BCUT2D eigenvalue weighted by Crippen LogP contribution is 1.95. The quantitative estimate of drug-likeness (QED) is 0.381. The highest BCUT2D eigenvalue weighted by atomic mass is 16.6. The monoisotopic (exact) mass is 184 g/mol. The van der Waals surface area contributed by atoms with Crippen molar-refractivity contribution in [1.82, 2.24) is 0 Å². The Labute approximate surface area is 78.5 Å². The first kappa shape index (κ1) is 14.0. The maximum Gasteiger partial charge on any atom is 0.194 e. The Morgan fingerprint density at radius 2 is 1.54 bits per heavy atom. The normalized spacial score (nSPS) is 7.00. The van der Waals surface area contributed by atoms with Crippen LogP contribution in [0.1, 0.15) is 13.8 Å². The van der Waals surface area contributed by atoms with E-state index in [0.29, 0.717) is 0 Å². The lowest BCUT2D eigenvalue weighted by Crippen LogP contribution is -1.79. The largest absolute Gasteiger partial charge is 0.399 e. The fourth-order valence-electron chi connectivity index (χ4n) is 0.453. The zero-order valence-electron chi connectivity index (χ0n) is 8.23. The molecule has 4 nitrogen and oxygen atoms in total. The van der Waals surface area contributed by atoms with Gasteiger partial charge in [-0.25, -0.2) is 0 Å². The summed E-state index contributed by atoms with van der Waals surface area (Å²) >= 11 is 0. The molecule has 74 valence electrons. The SMILES string of the molecule is CC.C[N+](=O)[O-].Nc1ccccc1. The molecule has 0 radical (unpaired) electrons. The van der Waals surface area contributed by atoms with Gasteiger partial charge in [0.2, 0.25) is 0 Å². The molecule has 0 amide bonds. The van der Waals surface area contributed by atoms with E-state index in [-0.39, 0.29) is 0 Å². The third kappa shape index (κ3) is 17.9. The summed E-state index contributed by atoms with van der Waals surface area (Å²) in [6.07, 6.45) is 0. The number of hydrogen-bond acceptors (Lipinski definition) is 3. The van der Waals surface area contributed by atoms with E-state index in [1.165, 1.54) is 0 Å². The molecule has 4 heteroatoms. The average Bonchev–Trinajstić information content (AvgIpc) is 2.08. The molecule has 0 unspecified atom stereocenters. The minimum absolute atomic E-state index is 0.500. The molecule has 0 aliphatic carbocycles. The van der Waals surface area contributed by atoms with E-state index in [2.05, 4.69) is 0 Å². The molecule has 2 N–H and O–H groups in total. The summed E-state index contributed by atoms with van der Waals surface area (Å²) in [6.45, 7) is 4.00. The fourth-order valence-corrected chi connectivity index (χ4v) is 0.453. The molecule has 0 aliphatic heterocycles. The fraction of sp³-hybridized carbons (Fsp3) is 0.333. The minimum atomic E-state index is -0.500. The summed E-state index contributed by atoms with van der Waals surface area (Å²) in [5.74, 6) is 0. The van der Waals surface area contributed by atoms with Crippen LogP contribution in [-0.4, -0.2) is 12.0 Å². The molecule has 0 aliphatic rings. The number of nitrogen functional groups attached to an aromatic ring is 1. The van der Waals surface area contributed by atoms with Crippen molar-refractivity contribution in [2.24, 2.45) is 0 Å². The van der Waals surface area contributed by atoms with Gasteiger partial charge in [0.1, 0.15) is 0 Å². The number of nitrogens with two attached hydrogens (primary N) is 1. The Balaban J connectivity index is 0. The van der Waals surface area contributed by atoms with Crippen LogP contribution in [-0.2, 0) is 0 Å². The first-order chi connectivity index (χ1) is 6.13. The van der Waals surface area contributed by atoms with E-state index < -0.39 is 4.92 Å². The summed E-state index contributed by atoms with van der Waals surface area (Å²) in [5, 5.41) is 8.81. The van der Waals surface area contributed by atoms with Crippen molar-refractivity contribution in [2.75, 3.05) is 12.8 Å². The van der Waals surface area contributed by atoms with Gasteiger partial charge in [0.25, 0.3) is 0 Å². The molecule has 13 heavy (non-hydrogen) atoms. The number of benzene rings is 1. The van der Waals surface area contributed by atoms with Crippen LogP contribution in [0.2, 0.25) is 0 Å². The van der Waals surface area contributed by atoms with Crippen molar-refractivity contribution in [3.8, 4) is 0 Å². The molecule has 1 aromatic rings. The van der Waals surface area contributed by atoms with Crippen molar-refractivity contribution in [3.63, 3.8) is 0 Å². The molecule has 0 atom stereocenters. The number of nitrogens with zero attached hydrogens (tertiary/aromatic N) is 1. The molecule has 0 fully saturated rings. The predicted molar refractivity (Wildman–Crippen MR) is 55.1 cm³/mol. The first-order valence-electron chi connectivity index (χ1n) is 4.01. The van der Waals surface area contributed by atoms with Crippen LogP contribution in [0.15, 0.2) is 30.3 Å². The van der Waals surface area contributed by atoms with Gasteiger partial charge in [-0.05, 0) is 12.1 Å². The third-order valence-corrected chi connectivity index (χ3v) is 0.800. The Bertz CT molecular complexity index is 208. The van der Waals surface area contributed by atoms with Crippen LogP contribution in [0.4, 0.5) is 5.69 Å². The van der Waals surface area contributed by atoms with Gasteiger partial charge in [0.15, 0.2) is 7.05 Å². The van der Waals surface area contributed by atoms with Gasteiger partial charge in [-0.3, -0.25) is 10.1 Å². The van der Waals surface area contributed by atoms with Crippen LogP contribution in [0.3, 0.4) is 0 Å².